The van der Waals surface area contributed by atoms with Crippen LogP contribution in [0.2, 0.25) is 0 Å². The fourth-order valence-corrected chi connectivity index (χ4v) is 1.60. The standard InChI is InChI=1S/C5H5BBr2N2O2/c1-9-4(11)2(7)3(8)5(12)10(9)6/h6H2,1H3. The van der Waals surface area contributed by atoms with Gasteiger partial charge in [-0.05, 0) is 31.9 Å². The van der Waals surface area contributed by atoms with Gasteiger partial charge in [-0.25, -0.2) is 0 Å². The molecule has 1 rings (SSSR count). The Morgan fingerprint density at radius 1 is 1.17 bits per heavy atom. The number of aromatic nitrogens is 2. The first kappa shape index (κ1) is 9.79. The van der Waals surface area contributed by atoms with Crippen molar-refractivity contribution in [3.8, 4) is 0 Å². The van der Waals surface area contributed by atoms with Crippen molar-refractivity contribution in [1.82, 2.24) is 9.27 Å². The fraction of sp³-hybridized carbons (Fsp3) is 0.200. The fourth-order valence-electron chi connectivity index (χ4n) is 0.744. The highest BCUT2D eigenvalue weighted by Crippen LogP contribution is 2.12. The van der Waals surface area contributed by atoms with Crippen LogP contribution in [0.3, 0.4) is 0 Å². The Morgan fingerprint density at radius 3 is 2.08 bits per heavy atom. The van der Waals surface area contributed by atoms with E-state index in [0.29, 0.717) is 0 Å². The minimum Gasteiger partial charge on any atom is -0.304 e. The molecule has 1 aromatic rings. The predicted molar refractivity (Wildman–Crippen MR) is 55.3 cm³/mol. The molecule has 0 bridgehead atoms. The molecular formula is C5H5BBr2N2O2. The molecule has 7 heteroatoms. The zero-order valence-corrected chi connectivity index (χ0v) is 9.64. The van der Waals surface area contributed by atoms with Crippen LogP contribution >= 0.6 is 31.9 Å². The van der Waals surface area contributed by atoms with Gasteiger partial charge in [0.25, 0.3) is 19.1 Å². The zero-order chi connectivity index (χ0) is 9.46. The van der Waals surface area contributed by atoms with Gasteiger partial charge in [-0.3, -0.25) is 14.3 Å². The Bertz CT molecular complexity index is 360. The molecule has 0 saturated carbocycles. The van der Waals surface area contributed by atoms with Gasteiger partial charge >= 0.3 is 0 Å². The smallest absolute Gasteiger partial charge is 0.279 e. The van der Waals surface area contributed by atoms with Crippen LogP contribution in [0.1, 0.15) is 0 Å². The molecule has 0 saturated heterocycles. The van der Waals surface area contributed by atoms with E-state index in [0.717, 1.165) is 0 Å². The largest absolute Gasteiger partial charge is 0.304 e. The van der Waals surface area contributed by atoms with Crippen molar-refractivity contribution in [3.63, 3.8) is 0 Å². The first-order valence-corrected chi connectivity index (χ1v) is 4.66. The Balaban J connectivity index is 3.86. The lowest BCUT2D eigenvalue weighted by molar-refractivity contribution is 0.635. The van der Waals surface area contributed by atoms with E-state index < -0.39 is 0 Å². The first-order valence-electron chi connectivity index (χ1n) is 3.08. The second-order valence-corrected chi connectivity index (χ2v) is 3.87. The topological polar surface area (TPSA) is 44.0 Å². The summed E-state index contributed by atoms with van der Waals surface area (Å²) < 4.78 is 2.98. The van der Waals surface area contributed by atoms with Crippen molar-refractivity contribution in [2.45, 2.75) is 0 Å². The molecule has 0 N–H and O–H groups in total. The minimum atomic E-state index is -0.246. The molecule has 0 aliphatic carbocycles. The van der Waals surface area contributed by atoms with Gasteiger partial charge in [0, 0.05) is 7.05 Å². The number of hydrogen-bond acceptors (Lipinski definition) is 2. The van der Waals surface area contributed by atoms with Gasteiger partial charge in [0.2, 0.25) is 0 Å². The highest BCUT2D eigenvalue weighted by atomic mass is 79.9. The summed E-state index contributed by atoms with van der Waals surface area (Å²) >= 11 is 6.04. The third kappa shape index (κ3) is 1.31. The van der Waals surface area contributed by atoms with E-state index in [1.807, 2.05) is 0 Å². The maximum Gasteiger partial charge on any atom is 0.279 e. The average Bonchev–Trinajstić information content (AvgIpc) is 2.08. The summed E-state index contributed by atoms with van der Waals surface area (Å²) in [7, 11) is 3.06. The van der Waals surface area contributed by atoms with Gasteiger partial charge in [-0.2, -0.15) is 0 Å². The van der Waals surface area contributed by atoms with Crippen LogP contribution in [0, 0.1) is 0 Å². The quantitative estimate of drug-likeness (QED) is 0.604. The third-order valence-electron chi connectivity index (χ3n) is 1.61. The molecule has 0 atom stereocenters. The number of hydrogen-bond donors (Lipinski definition) is 0. The molecule has 0 radical (unpaired) electrons. The van der Waals surface area contributed by atoms with Gasteiger partial charge in [-0.15, -0.1) is 0 Å². The zero-order valence-electron chi connectivity index (χ0n) is 6.47. The molecule has 0 aliphatic heterocycles. The summed E-state index contributed by atoms with van der Waals surface area (Å²) in [5.74, 6) is 0. The molecule has 4 nitrogen and oxygen atoms in total. The van der Waals surface area contributed by atoms with Crippen molar-refractivity contribution >= 4 is 39.8 Å². The molecule has 12 heavy (non-hydrogen) atoms. The summed E-state index contributed by atoms with van der Waals surface area (Å²) in [6, 6.07) is 0. The number of halogens is 2. The second kappa shape index (κ2) is 3.22. The van der Waals surface area contributed by atoms with Crippen LogP contribution < -0.4 is 11.1 Å². The highest BCUT2D eigenvalue weighted by Gasteiger charge is 2.09. The Labute approximate surface area is 85.9 Å². The second-order valence-electron chi connectivity index (χ2n) is 2.29. The van der Waals surface area contributed by atoms with Gasteiger partial charge in [-0.1, -0.05) is 0 Å². The lowest BCUT2D eigenvalue weighted by Gasteiger charge is -2.07. The van der Waals surface area contributed by atoms with Gasteiger partial charge in [0.15, 0.2) is 0 Å². The lowest BCUT2D eigenvalue weighted by atomic mass is 10.4. The SMILES string of the molecule is Bn1c(=O)c(Br)c(Br)c(=O)n1C. The molecule has 0 fully saturated rings. The molecular weight excluding hydrogens is 291 g/mol. The molecule has 1 heterocycles. The van der Waals surface area contributed by atoms with Crippen LogP contribution in [0.15, 0.2) is 18.5 Å². The van der Waals surface area contributed by atoms with E-state index in [9.17, 15) is 9.59 Å². The third-order valence-corrected chi connectivity index (χ3v) is 3.61. The molecule has 0 aliphatic rings. The maximum atomic E-state index is 11.3. The monoisotopic (exact) mass is 294 g/mol. The normalized spacial score (nSPS) is 10.2. The summed E-state index contributed by atoms with van der Waals surface area (Å²) in [5, 5.41) is 0. The van der Waals surface area contributed by atoms with Gasteiger partial charge in [0.05, 0.1) is 0 Å². The minimum absolute atomic E-state index is 0.246. The van der Waals surface area contributed by atoms with E-state index in [1.54, 1.807) is 0 Å². The van der Waals surface area contributed by atoms with Crippen molar-refractivity contribution < 1.29 is 0 Å². The van der Waals surface area contributed by atoms with Crippen LogP contribution in [0.4, 0.5) is 0 Å². The average molecular weight is 296 g/mol. The van der Waals surface area contributed by atoms with E-state index >= 15 is 0 Å². The van der Waals surface area contributed by atoms with E-state index in [4.69, 9.17) is 0 Å². The van der Waals surface area contributed by atoms with Gasteiger partial charge < -0.3 is 4.59 Å². The summed E-state index contributed by atoms with van der Waals surface area (Å²) in [6.07, 6.45) is 0. The first-order chi connectivity index (χ1) is 5.46. The summed E-state index contributed by atoms with van der Waals surface area (Å²) in [6.45, 7) is 0. The highest BCUT2D eigenvalue weighted by molar-refractivity contribution is 9.13. The Hall–Kier alpha value is -0.295. The van der Waals surface area contributed by atoms with Crippen molar-refractivity contribution in [1.29, 1.82) is 0 Å². The Kier molecular flexibility index (Phi) is 2.62. The molecule has 0 unspecified atom stereocenters. The maximum absolute atomic E-state index is 11.3. The van der Waals surface area contributed by atoms with E-state index in [1.165, 1.54) is 24.3 Å². The number of nitrogens with zero attached hydrogens (tertiary/aromatic N) is 2. The Morgan fingerprint density at radius 2 is 1.58 bits per heavy atom. The lowest BCUT2D eigenvalue weighted by Crippen LogP contribution is -2.37. The predicted octanol–water partition coefficient (Wildman–Crippen LogP) is -0.532. The van der Waals surface area contributed by atoms with Crippen LogP contribution in [0.25, 0.3) is 0 Å². The summed E-state index contributed by atoms with van der Waals surface area (Å²) in [4.78, 5) is 22.6. The molecule has 0 aromatic carbocycles. The van der Waals surface area contributed by atoms with Crippen molar-refractivity contribution in [2.24, 2.45) is 7.05 Å². The van der Waals surface area contributed by atoms with E-state index in [2.05, 4.69) is 31.9 Å². The van der Waals surface area contributed by atoms with Crippen LogP contribution in [-0.4, -0.2) is 17.3 Å². The van der Waals surface area contributed by atoms with Crippen molar-refractivity contribution in [2.75, 3.05) is 0 Å². The molecule has 64 valence electrons. The molecule has 1 aromatic heterocycles. The van der Waals surface area contributed by atoms with E-state index in [-0.39, 0.29) is 20.1 Å². The number of rotatable bonds is 0. The molecule has 0 amide bonds. The summed E-state index contributed by atoms with van der Waals surface area (Å²) in [5.41, 5.74) is -0.493. The molecule has 0 spiro atoms. The van der Waals surface area contributed by atoms with Crippen LogP contribution in [0.5, 0.6) is 0 Å². The van der Waals surface area contributed by atoms with Crippen LogP contribution in [-0.2, 0) is 7.05 Å². The van der Waals surface area contributed by atoms with Gasteiger partial charge in [0.1, 0.15) is 8.95 Å². The van der Waals surface area contributed by atoms with Crippen molar-refractivity contribution in [3.05, 3.63) is 29.7 Å².